The molecule has 0 amide bonds. The van der Waals surface area contributed by atoms with Gasteiger partial charge in [0.2, 0.25) is 0 Å². The van der Waals surface area contributed by atoms with E-state index in [0.717, 1.165) is 30.0 Å². The van der Waals surface area contributed by atoms with Crippen molar-refractivity contribution in [3.8, 4) is 5.75 Å². The van der Waals surface area contributed by atoms with Gasteiger partial charge in [0.05, 0.1) is 5.75 Å². The van der Waals surface area contributed by atoms with E-state index in [-0.39, 0.29) is 18.1 Å². The summed E-state index contributed by atoms with van der Waals surface area (Å²) >= 11 is 0. The van der Waals surface area contributed by atoms with E-state index < -0.39 is 9.84 Å². The maximum absolute atomic E-state index is 11.5. The van der Waals surface area contributed by atoms with Gasteiger partial charge in [-0.25, -0.2) is 8.42 Å². The van der Waals surface area contributed by atoms with Gasteiger partial charge in [-0.05, 0) is 24.9 Å². The SMILES string of the molecule is CCS(=O)(=O)CCOc1c(C)cccc1CNCC(C)C. The first-order valence-corrected chi connectivity index (χ1v) is 9.30. The molecule has 1 N–H and O–H groups in total. The van der Waals surface area contributed by atoms with Gasteiger partial charge < -0.3 is 10.1 Å². The van der Waals surface area contributed by atoms with Crippen LogP contribution in [0.1, 0.15) is 31.9 Å². The van der Waals surface area contributed by atoms with Crippen molar-refractivity contribution in [3.05, 3.63) is 29.3 Å². The minimum Gasteiger partial charge on any atom is -0.492 e. The minimum absolute atomic E-state index is 0.0662. The van der Waals surface area contributed by atoms with E-state index in [1.54, 1.807) is 6.92 Å². The van der Waals surface area contributed by atoms with Crippen LogP contribution in [0.25, 0.3) is 0 Å². The van der Waals surface area contributed by atoms with Gasteiger partial charge in [-0.2, -0.15) is 0 Å². The molecule has 0 radical (unpaired) electrons. The van der Waals surface area contributed by atoms with Crippen LogP contribution in [-0.2, 0) is 16.4 Å². The summed E-state index contributed by atoms with van der Waals surface area (Å²) in [6, 6.07) is 6.00. The first kappa shape index (κ1) is 18.0. The number of aryl methyl sites for hydroxylation is 1. The standard InChI is InChI=1S/C16H27NO3S/c1-5-21(18,19)10-9-20-16-14(4)7-6-8-15(16)12-17-11-13(2)3/h6-8,13,17H,5,9-12H2,1-4H3. The summed E-state index contributed by atoms with van der Waals surface area (Å²) < 4.78 is 28.8. The molecule has 0 heterocycles. The molecule has 0 bridgehead atoms. The Bertz CT molecular complexity index is 538. The highest BCUT2D eigenvalue weighted by Gasteiger charge is 2.11. The maximum atomic E-state index is 11.5. The largest absolute Gasteiger partial charge is 0.492 e. The Morgan fingerprint density at radius 1 is 1.29 bits per heavy atom. The van der Waals surface area contributed by atoms with Crippen LogP contribution in [-0.4, -0.2) is 33.1 Å². The van der Waals surface area contributed by atoms with Crippen molar-refractivity contribution < 1.29 is 13.2 Å². The van der Waals surface area contributed by atoms with Crippen LogP contribution in [0.2, 0.25) is 0 Å². The van der Waals surface area contributed by atoms with Gasteiger partial charge in [0.25, 0.3) is 0 Å². The lowest BCUT2D eigenvalue weighted by atomic mass is 10.1. The van der Waals surface area contributed by atoms with E-state index in [0.29, 0.717) is 5.92 Å². The van der Waals surface area contributed by atoms with Crippen molar-refractivity contribution in [1.29, 1.82) is 0 Å². The predicted octanol–water partition coefficient (Wildman–Crippen LogP) is 2.55. The summed E-state index contributed by atoms with van der Waals surface area (Å²) in [4.78, 5) is 0. The summed E-state index contributed by atoms with van der Waals surface area (Å²) in [5.74, 6) is 1.62. The van der Waals surface area contributed by atoms with E-state index in [9.17, 15) is 8.42 Å². The number of sulfone groups is 1. The molecule has 0 saturated carbocycles. The number of hydrogen-bond acceptors (Lipinski definition) is 4. The monoisotopic (exact) mass is 313 g/mol. The number of ether oxygens (including phenoxy) is 1. The van der Waals surface area contributed by atoms with E-state index in [2.05, 4.69) is 19.2 Å². The molecular formula is C16H27NO3S. The average Bonchev–Trinajstić information content (AvgIpc) is 2.41. The van der Waals surface area contributed by atoms with E-state index in [1.807, 2.05) is 25.1 Å². The van der Waals surface area contributed by atoms with Crippen molar-refractivity contribution in [2.75, 3.05) is 24.7 Å². The molecule has 5 heteroatoms. The highest BCUT2D eigenvalue weighted by atomic mass is 32.2. The molecule has 0 aliphatic heterocycles. The Hall–Kier alpha value is -1.07. The summed E-state index contributed by atoms with van der Waals surface area (Å²) in [7, 11) is -2.98. The van der Waals surface area contributed by atoms with Crippen molar-refractivity contribution in [2.24, 2.45) is 5.92 Å². The summed E-state index contributed by atoms with van der Waals surface area (Å²) in [6.07, 6.45) is 0. The molecule has 1 rings (SSSR count). The van der Waals surface area contributed by atoms with Gasteiger partial charge in [0, 0.05) is 17.9 Å². The topological polar surface area (TPSA) is 55.4 Å². The normalized spacial score (nSPS) is 11.9. The number of hydrogen-bond donors (Lipinski definition) is 1. The summed E-state index contributed by atoms with van der Waals surface area (Å²) in [6.45, 7) is 9.85. The molecule has 1 aromatic carbocycles. The van der Waals surface area contributed by atoms with Crippen LogP contribution < -0.4 is 10.1 Å². The Labute approximate surface area is 128 Å². The lowest BCUT2D eigenvalue weighted by molar-refractivity contribution is 0.333. The molecule has 1 aromatic rings. The zero-order valence-corrected chi connectivity index (χ0v) is 14.3. The predicted molar refractivity (Wildman–Crippen MR) is 87.5 cm³/mol. The lowest BCUT2D eigenvalue weighted by Crippen LogP contribution is -2.20. The molecule has 0 fully saturated rings. The van der Waals surface area contributed by atoms with Crippen LogP contribution in [0.4, 0.5) is 0 Å². The lowest BCUT2D eigenvalue weighted by Gasteiger charge is -2.15. The zero-order chi connectivity index (χ0) is 15.9. The van der Waals surface area contributed by atoms with E-state index >= 15 is 0 Å². The quantitative estimate of drug-likeness (QED) is 0.761. The zero-order valence-electron chi connectivity index (χ0n) is 13.5. The highest BCUT2D eigenvalue weighted by molar-refractivity contribution is 7.91. The number of para-hydroxylation sites is 1. The molecule has 0 atom stereocenters. The Balaban J connectivity index is 2.67. The van der Waals surface area contributed by atoms with Gasteiger partial charge in [-0.1, -0.05) is 39.0 Å². The van der Waals surface area contributed by atoms with Crippen molar-refractivity contribution in [3.63, 3.8) is 0 Å². The van der Waals surface area contributed by atoms with Crippen LogP contribution in [0.5, 0.6) is 5.75 Å². The fourth-order valence-corrected chi connectivity index (χ4v) is 2.60. The molecule has 4 nitrogen and oxygen atoms in total. The fraction of sp³-hybridized carbons (Fsp3) is 0.625. The molecule has 0 aromatic heterocycles. The van der Waals surface area contributed by atoms with Crippen LogP contribution >= 0.6 is 0 Å². The van der Waals surface area contributed by atoms with Crippen LogP contribution in [0, 0.1) is 12.8 Å². The second-order valence-electron chi connectivity index (χ2n) is 5.67. The molecule has 0 spiro atoms. The van der Waals surface area contributed by atoms with Crippen molar-refractivity contribution in [1.82, 2.24) is 5.32 Å². The molecule has 0 saturated heterocycles. The van der Waals surface area contributed by atoms with Crippen LogP contribution in [0.15, 0.2) is 18.2 Å². The number of nitrogens with one attached hydrogen (secondary N) is 1. The minimum atomic E-state index is -2.98. The van der Waals surface area contributed by atoms with Crippen LogP contribution in [0.3, 0.4) is 0 Å². The second-order valence-corrected chi connectivity index (χ2v) is 8.15. The van der Waals surface area contributed by atoms with Gasteiger partial charge in [-0.15, -0.1) is 0 Å². The third-order valence-electron chi connectivity index (χ3n) is 3.24. The third kappa shape index (κ3) is 6.48. The summed E-state index contributed by atoms with van der Waals surface area (Å²) in [5, 5.41) is 3.39. The van der Waals surface area contributed by atoms with Gasteiger partial charge in [-0.3, -0.25) is 0 Å². The first-order valence-electron chi connectivity index (χ1n) is 7.48. The Kier molecular flexibility index (Phi) is 7.18. The summed E-state index contributed by atoms with van der Waals surface area (Å²) in [5.41, 5.74) is 2.11. The molecule has 21 heavy (non-hydrogen) atoms. The first-order chi connectivity index (χ1) is 9.85. The average molecular weight is 313 g/mol. The number of benzene rings is 1. The number of rotatable bonds is 9. The molecule has 0 aliphatic rings. The smallest absolute Gasteiger partial charge is 0.153 e. The second kappa shape index (κ2) is 8.39. The van der Waals surface area contributed by atoms with E-state index in [1.165, 1.54) is 0 Å². The fourth-order valence-electron chi connectivity index (χ4n) is 1.97. The maximum Gasteiger partial charge on any atom is 0.153 e. The molecule has 0 unspecified atom stereocenters. The molecule has 0 aliphatic carbocycles. The van der Waals surface area contributed by atoms with Crippen molar-refractivity contribution in [2.45, 2.75) is 34.2 Å². The Morgan fingerprint density at radius 3 is 2.62 bits per heavy atom. The van der Waals surface area contributed by atoms with Crippen molar-refractivity contribution >= 4 is 9.84 Å². The van der Waals surface area contributed by atoms with Gasteiger partial charge in [0.15, 0.2) is 9.84 Å². The van der Waals surface area contributed by atoms with Gasteiger partial charge >= 0.3 is 0 Å². The Morgan fingerprint density at radius 2 is 2.00 bits per heavy atom. The molecular weight excluding hydrogens is 286 g/mol. The highest BCUT2D eigenvalue weighted by Crippen LogP contribution is 2.23. The van der Waals surface area contributed by atoms with E-state index in [4.69, 9.17) is 4.74 Å². The molecule has 120 valence electrons. The van der Waals surface area contributed by atoms with Gasteiger partial charge in [0.1, 0.15) is 12.4 Å². The third-order valence-corrected chi connectivity index (χ3v) is 4.91.